The summed E-state index contributed by atoms with van der Waals surface area (Å²) in [5.41, 5.74) is 1.04. The maximum absolute atomic E-state index is 12.2. The van der Waals surface area contributed by atoms with Crippen molar-refractivity contribution in [3.63, 3.8) is 0 Å². The molecule has 0 unspecified atom stereocenters. The van der Waals surface area contributed by atoms with Crippen molar-refractivity contribution in [3.8, 4) is 11.8 Å². The van der Waals surface area contributed by atoms with Crippen LogP contribution in [0.2, 0.25) is 5.02 Å². The van der Waals surface area contributed by atoms with Crippen molar-refractivity contribution in [1.29, 1.82) is 0 Å². The molecule has 8 heteroatoms. The minimum atomic E-state index is -0.372. The molecular weight excluding hydrogens is 336 g/mol. The first-order valence-corrected chi connectivity index (χ1v) is 7.86. The Balaban J connectivity index is 1.73. The summed E-state index contributed by atoms with van der Waals surface area (Å²) >= 11 is 7.17. The van der Waals surface area contributed by atoms with Gasteiger partial charge >= 0.3 is 6.01 Å². The molecule has 3 aromatic rings. The van der Waals surface area contributed by atoms with Gasteiger partial charge < -0.3 is 4.74 Å². The summed E-state index contributed by atoms with van der Waals surface area (Å²) in [7, 11) is 0. The number of hydrogen-bond donors (Lipinski definition) is 1. The van der Waals surface area contributed by atoms with E-state index in [0.717, 1.165) is 5.69 Å². The van der Waals surface area contributed by atoms with E-state index in [1.54, 1.807) is 24.3 Å². The van der Waals surface area contributed by atoms with Gasteiger partial charge in [0.2, 0.25) is 0 Å². The van der Waals surface area contributed by atoms with Gasteiger partial charge in [-0.2, -0.15) is 4.98 Å². The van der Waals surface area contributed by atoms with Crippen LogP contribution in [0.25, 0.3) is 0 Å². The predicted octanol–water partition coefficient (Wildman–Crippen LogP) is 3.94. The van der Waals surface area contributed by atoms with Crippen LogP contribution < -0.4 is 10.1 Å². The van der Waals surface area contributed by atoms with E-state index in [4.69, 9.17) is 16.3 Å². The number of benzene rings is 1. The van der Waals surface area contributed by atoms with Crippen LogP contribution in [0.3, 0.4) is 0 Å². The van der Waals surface area contributed by atoms with Crippen LogP contribution in [0.15, 0.2) is 41.9 Å². The number of aromatic nitrogens is 3. The standard InChI is InChI=1S/C15H11ClN4O2S/c1-9-8-23-15(18-9)20-13(21)12-6-7-17-14(19-12)22-11-4-2-10(16)3-5-11/h2-8H,1H3,(H,18,20,21). The number of thiazole rings is 1. The van der Waals surface area contributed by atoms with Gasteiger partial charge in [-0.05, 0) is 37.3 Å². The minimum Gasteiger partial charge on any atom is -0.424 e. The lowest BCUT2D eigenvalue weighted by Gasteiger charge is -2.05. The van der Waals surface area contributed by atoms with Gasteiger partial charge in [0.15, 0.2) is 5.13 Å². The summed E-state index contributed by atoms with van der Waals surface area (Å²) in [6.45, 7) is 1.86. The molecule has 0 aliphatic heterocycles. The summed E-state index contributed by atoms with van der Waals surface area (Å²) in [6.07, 6.45) is 1.46. The molecule has 0 radical (unpaired) electrons. The molecule has 1 amide bonds. The van der Waals surface area contributed by atoms with Crippen molar-refractivity contribution in [2.24, 2.45) is 0 Å². The minimum absolute atomic E-state index is 0.0790. The first kappa shape index (κ1) is 15.4. The van der Waals surface area contributed by atoms with Crippen LogP contribution in [-0.2, 0) is 0 Å². The molecule has 1 N–H and O–H groups in total. The number of nitrogens with zero attached hydrogens (tertiary/aromatic N) is 3. The number of ether oxygens (including phenoxy) is 1. The number of nitrogens with one attached hydrogen (secondary N) is 1. The summed E-state index contributed by atoms with van der Waals surface area (Å²) in [5.74, 6) is 0.158. The van der Waals surface area contributed by atoms with Crippen molar-refractivity contribution < 1.29 is 9.53 Å². The molecule has 0 aliphatic rings. The zero-order chi connectivity index (χ0) is 16.2. The van der Waals surface area contributed by atoms with E-state index in [-0.39, 0.29) is 17.6 Å². The molecule has 0 atom stereocenters. The third-order valence-electron chi connectivity index (χ3n) is 2.73. The Morgan fingerprint density at radius 3 is 2.70 bits per heavy atom. The van der Waals surface area contributed by atoms with Crippen LogP contribution in [-0.4, -0.2) is 20.9 Å². The number of carbonyl (C=O) groups is 1. The van der Waals surface area contributed by atoms with Crippen molar-refractivity contribution in [3.05, 3.63) is 58.3 Å². The van der Waals surface area contributed by atoms with Gasteiger partial charge in [0, 0.05) is 16.6 Å². The highest BCUT2D eigenvalue weighted by atomic mass is 35.5. The zero-order valence-electron chi connectivity index (χ0n) is 12.0. The lowest BCUT2D eigenvalue weighted by Crippen LogP contribution is -2.14. The van der Waals surface area contributed by atoms with E-state index in [9.17, 15) is 4.79 Å². The summed E-state index contributed by atoms with van der Waals surface area (Å²) < 4.78 is 5.50. The lowest BCUT2D eigenvalue weighted by atomic mass is 10.3. The molecule has 2 heterocycles. The predicted molar refractivity (Wildman–Crippen MR) is 88.4 cm³/mol. The number of carbonyl (C=O) groups excluding carboxylic acids is 1. The number of hydrogen-bond acceptors (Lipinski definition) is 6. The average molecular weight is 347 g/mol. The van der Waals surface area contributed by atoms with Crippen LogP contribution in [0.1, 0.15) is 16.2 Å². The normalized spacial score (nSPS) is 10.3. The highest BCUT2D eigenvalue weighted by Gasteiger charge is 2.12. The van der Waals surface area contributed by atoms with Crippen LogP contribution in [0.4, 0.5) is 5.13 Å². The van der Waals surface area contributed by atoms with Crippen LogP contribution in [0, 0.1) is 6.92 Å². The van der Waals surface area contributed by atoms with E-state index >= 15 is 0 Å². The Labute approximate surface area is 141 Å². The highest BCUT2D eigenvalue weighted by Crippen LogP contribution is 2.20. The van der Waals surface area contributed by atoms with E-state index in [1.165, 1.54) is 23.6 Å². The molecule has 1 aromatic carbocycles. The Morgan fingerprint density at radius 2 is 2.00 bits per heavy atom. The van der Waals surface area contributed by atoms with Crippen molar-refractivity contribution in [2.45, 2.75) is 6.92 Å². The molecule has 2 aromatic heterocycles. The lowest BCUT2D eigenvalue weighted by molar-refractivity contribution is 0.102. The van der Waals surface area contributed by atoms with Crippen LogP contribution in [0.5, 0.6) is 11.8 Å². The number of rotatable bonds is 4. The van der Waals surface area contributed by atoms with E-state index in [0.29, 0.717) is 15.9 Å². The molecule has 0 aliphatic carbocycles. The first-order valence-electron chi connectivity index (χ1n) is 6.60. The SMILES string of the molecule is Cc1csc(NC(=O)c2ccnc(Oc3ccc(Cl)cc3)n2)n1. The van der Waals surface area contributed by atoms with Gasteiger partial charge in [-0.3, -0.25) is 10.1 Å². The third-order valence-corrected chi connectivity index (χ3v) is 3.86. The van der Waals surface area contributed by atoms with E-state index in [1.807, 2.05) is 12.3 Å². The van der Waals surface area contributed by atoms with E-state index < -0.39 is 0 Å². The summed E-state index contributed by atoms with van der Waals surface area (Å²) in [6, 6.07) is 8.35. The maximum Gasteiger partial charge on any atom is 0.322 e. The van der Waals surface area contributed by atoms with Crippen molar-refractivity contribution in [2.75, 3.05) is 5.32 Å². The van der Waals surface area contributed by atoms with Gasteiger partial charge in [-0.15, -0.1) is 11.3 Å². The Morgan fingerprint density at radius 1 is 1.22 bits per heavy atom. The molecule has 0 saturated carbocycles. The molecule has 6 nitrogen and oxygen atoms in total. The quantitative estimate of drug-likeness (QED) is 0.774. The maximum atomic E-state index is 12.2. The smallest absolute Gasteiger partial charge is 0.322 e. The second-order valence-corrected chi connectivity index (χ2v) is 5.82. The monoisotopic (exact) mass is 346 g/mol. The summed E-state index contributed by atoms with van der Waals surface area (Å²) in [4.78, 5) is 24.4. The number of halogens is 1. The van der Waals surface area contributed by atoms with Gasteiger partial charge in [0.25, 0.3) is 5.91 Å². The van der Waals surface area contributed by atoms with Crippen molar-refractivity contribution >= 4 is 34.0 Å². The Kier molecular flexibility index (Phi) is 4.50. The number of aryl methyl sites for hydroxylation is 1. The van der Waals surface area contributed by atoms with Crippen LogP contribution >= 0.6 is 22.9 Å². The first-order chi connectivity index (χ1) is 11.1. The Hall–Kier alpha value is -2.51. The highest BCUT2D eigenvalue weighted by molar-refractivity contribution is 7.13. The topological polar surface area (TPSA) is 77.0 Å². The Bertz CT molecular complexity index is 836. The molecule has 3 rings (SSSR count). The molecule has 23 heavy (non-hydrogen) atoms. The third kappa shape index (κ3) is 4.02. The zero-order valence-corrected chi connectivity index (χ0v) is 13.6. The van der Waals surface area contributed by atoms with Gasteiger partial charge in [0.1, 0.15) is 11.4 Å². The van der Waals surface area contributed by atoms with Gasteiger partial charge in [-0.25, -0.2) is 9.97 Å². The molecular formula is C15H11ClN4O2S. The van der Waals surface area contributed by atoms with Gasteiger partial charge in [-0.1, -0.05) is 11.6 Å². The largest absolute Gasteiger partial charge is 0.424 e. The molecule has 0 saturated heterocycles. The van der Waals surface area contributed by atoms with Crippen molar-refractivity contribution in [1.82, 2.24) is 15.0 Å². The van der Waals surface area contributed by atoms with Gasteiger partial charge in [0.05, 0.1) is 5.69 Å². The fourth-order valence-electron chi connectivity index (χ4n) is 1.70. The second-order valence-electron chi connectivity index (χ2n) is 4.53. The average Bonchev–Trinajstić information content (AvgIpc) is 2.95. The number of anilines is 1. The van der Waals surface area contributed by atoms with E-state index in [2.05, 4.69) is 20.3 Å². The molecule has 116 valence electrons. The number of amides is 1. The second kappa shape index (κ2) is 6.72. The fourth-order valence-corrected chi connectivity index (χ4v) is 2.51. The molecule has 0 spiro atoms. The molecule has 0 bridgehead atoms. The summed E-state index contributed by atoms with van der Waals surface area (Å²) in [5, 5.41) is 5.66. The fraction of sp³-hybridized carbons (Fsp3) is 0.0667. The molecule has 0 fully saturated rings.